The molecule has 0 aliphatic heterocycles. The monoisotopic (exact) mass is 935 g/mol. The van der Waals surface area contributed by atoms with E-state index in [1.165, 1.54) is 122 Å². The standard InChI is InChI=1S/C55H103N2O7P/c1-7-10-13-16-19-22-25-28-30-33-36-39-42-45-48-55(59)64-53(46-43-40-37-34-31-27-24-21-18-15-12-9-3)52(51-63-65(60,61)62-50-49-57(4,5)6)56-54(58)47-44-41-38-35-32-29-26-23-20-17-14-11-8-2/h11,14,17,20,23,26,43,46,52-53H,7-10,12-13,15-16,18-19,21-22,24-25,27-42,44-45,47-51H2,1-6H3,(H-,56,58,60,61)/b14-11+,20-17+,26-23-,46-43+. The number of amides is 1. The molecule has 3 unspecified atom stereocenters. The third kappa shape index (κ3) is 46.9. The van der Waals surface area contributed by atoms with Gasteiger partial charge in [-0.3, -0.25) is 14.2 Å². The van der Waals surface area contributed by atoms with Gasteiger partial charge in [-0.05, 0) is 51.0 Å². The number of phosphoric acid groups is 1. The van der Waals surface area contributed by atoms with E-state index in [-0.39, 0.29) is 24.9 Å². The van der Waals surface area contributed by atoms with E-state index in [0.29, 0.717) is 23.9 Å². The molecule has 1 N–H and O–H groups in total. The molecular weight excluding hydrogens is 832 g/mol. The van der Waals surface area contributed by atoms with Crippen molar-refractivity contribution in [1.29, 1.82) is 0 Å². The summed E-state index contributed by atoms with van der Waals surface area (Å²) < 4.78 is 30.1. The molecule has 0 aromatic carbocycles. The summed E-state index contributed by atoms with van der Waals surface area (Å²) in [6.07, 6.45) is 53.6. The fourth-order valence-electron chi connectivity index (χ4n) is 7.64. The first-order valence-electron chi connectivity index (χ1n) is 27.0. The molecule has 1 amide bonds. The molecule has 3 atom stereocenters. The topological polar surface area (TPSA) is 114 Å². The molecule has 0 radical (unpaired) electrons. The third-order valence-corrected chi connectivity index (χ3v) is 12.8. The summed E-state index contributed by atoms with van der Waals surface area (Å²) in [6.45, 7) is 6.69. The van der Waals surface area contributed by atoms with Crippen molar-refractivity contribution in [2.75, 3.05) is 40.9 Å². The van der Waals surface area contributed by atoms with E-state index in [1.807, 2.05) is 39.4 Å². The molecule has 380 valence electrons. The molecule has 0 saturated carbocycles. The number of carbonyl (C=O) groups excluding carboxylic acids is 2. The number of quaternary nitrogens is 1. The number of nitrogens with one attached hydrogen (secondary N) is 1. The molecule has 0 bridgehead atoms. The van der Waals surface area contributed by atoms with Gasteiger partial charge in [-0.25, -0.2) is 0 Å². The Bertz CT molecular complexity index is 1260. The summed E-state index contributed by atoms with van der Waals surface area (Å²) in [5.41, 5.74) is 0. The van der Waals surface area contributed by atoms with Crippen LogP contribution in [0.15, 0.2) is 48.6 Å². The van der Waals surface area contributed by atoms with Gasteiger partial charge >= 0.3 is 5.97 Å². The second-order valence-corrected chi connectivity index (χ2v) is 20.8. The molecule has 0 rings (SSSR count). The van der Waals surface area contributed by atoms with Crippen molar-refractivity contribution in [2.24, 2.45) is 0 Å². The number of likely N-dealkylation sites (N-methyl/N-ethyl adjacent to an activating group) is 1. The number of unbranched alkanes of at least 4 members (excludes halogenated alkanes) is 28. The number of ether oxygens (including phenoxy) is 1. The van der Waals surface area contributed by atoms with Crippen LogP contribution >= 0.6 is 7.82 Å². The number of allylic oxidation sites excluding steroid dienone is 7. The van der Waals surface area contributed by atoms with Crippen molar-refractivity contribution in [1.82, 2.24) is 5.32 Å². The zero-order valence-corrected chi connectivity index (χ0v) is 44.1. The summed E-state index contributed by atoms with van der Waals surface area (Å²) in [6, 6.07) is -0.894. The molecule has 9 nitrogen and oxygen atoms in total. The zero-order chi connectivity index (χ0) is 48.0. The van der Waals surface area contributed by atoms with Crippen molar-refractivity contribution in [2.45, 2.75) is 251 Å². The van der Waals surface area contributed by atoms with Gasteiger partial charge < -0.3 is 28.5 Å². The number of hydrogen-bond donors (Lipinski definition) is 1. The summed E-state index contributed by atoms with van der Waals surface area (Å²) in [5.74, 6) is -0.561. The molecule has 0 fully saturated rings. The molecule has 0 aliphatic carbocycles. The maximum atomic E-state index is 13.4. The Hall–Kier alpha value is -2.03. The lowest BCUT2D eigenvalue weighted by molar-refractivity contribution is -0.870. The Morgan fingerprint density at radius 2 is 0.985 bits per heavy atom. The molecule has 0 aliphatic rings. The number of rotatable bonds is 48. The average Bonchev–Trinajstić information content (AvgIpc) is 3.26. The predicted molar refractivity (Wildman–Crippen MR) is 275 cm³/mol. The minimum Gasteiger partial charge on any atom is -0.756 e. The van der Waals surface area contributed by atoms with Crippen molar-refractivity contribution >= 4 is 19.7 Å². The molecule has 0 aromatic rings. The van der Waals surface area contributed by atoms with Gasteiger partial charge in [0.05, 0.1) is 33.8 Å². The molecule has 65 heavy (non-hydrogen) atoms. The zero-order valence-electron chi connectivity index (χ0n) is 43.2. The fraction of sp³-hybridized carbons (Fsp3) is 0.818. The predicted octanol–water partition coefficient (Wildman–Crippen LogP) is 15.1. The fourth-order valence-corrected chi connectivity index (χ4v) is 8.36. The van der Waals surface area contributed by atoms with Crippen molar-refractivity contribution in [3.05, 3.63) is 48.6 Å². The quantitative estimate of drug-likeness (QED) is 0.0161. The summed E-state index contributed by atoms with van der Waals surface area (Å²) >= 11 is 0. The highest BCUT2D eigenvalue weighted by Crippen LogP contribution is 2.38. The Morgan fingerprint density at radius 3 is 1.46 bits per heavy atom. The van der Waals surface area contributed by atoms with Crippen LogP contribution in [0.3, 0.4) is 0 Å². The van der Waals surface area contributed by atoms with Crippen molar-refractivity contribution in [3.8, 4) is 0 Å². The highest BCUT2D eigenvalue weighted by atomic mass is 31.2. The molecular formula is C55H103N2O7P. The van der Waals surface area contributed by atoms with Gasteiger partial charge in [0, 0.05) is 12.8 Å². The summed E-state index contributed by atoms with van der Waals surface area (Å²) in [5, 5.41) is 3.00. The van der Waals surface area contributed by atoms with Crippen LogP contribution in [-0.2, 0) is 27.9 Å². The summed E-state index contributed by atoms with van der Waals surface area (Å²) in [7, 11) is 1.17. The molecule has 0 aromatic heterocycles. The van der Waals surface area contributed by atoms with E-state index >= 15 is 0 Å². The van der Waals surface area contributed by atoms with Gasteiger partial charge in [0.25, 0.3) is 7.82 Å². The second kappa shape index (κ2) is 45.7. The number of phosphoric ester groups is 1. The van der Waals surface area contributed by atoms with Crippen LogP contribution in [0.5, 0.6) is 0 Å². The van der Waals surface area contributed by atoms with Crippen LogP contribution in [0.2, 0.25) is 0 Å². The summed E-state index contributed by atoms with van der Waals surface area (Å²) in [4.78, 5) is 39.7. The number of carbonyl (C=O) groups is 2. The van der Waals surface area contributed by atoms with E-state index in [9.17, 15) is 19.0 Å². The van der Waals surface area contributed by atoms with Crippen LogP contribution in [0.1, 0.15) is 239 Å². The SMILES string of the molecule is CC/C=C/C=C/C=C\CCCCCCCC(=O)NC(COP(=O)([O-])OCC[N+](C)(C)C)C(/C=C/CCCCCCCCCCCC)OC(=O)CCCCCCCCCCCCCCCC. The van der Waals surface area contributed by atoms with Gasteiger partial charge in [-0.1, -0.05) is 224 Å². The van der Waals surface area contributed by atoms with Gasteiger partial charge in [0.2, 0.25) is 5.91 Å². The van der Waals surface area contributed by atoms with Crippen molar-refractivity contribution < 1.29 is 37.3 Å². The lowest BCUT2D eigenvalue weighted by Crippen LogP contribution is -2.47. The second-order valence-electron chi connectivity index (χ2n) is 19.4. The maximum Gasteiger partial charge on any atom is 0.306 e. The largest absolute Gasteiger partial charge is 0.756 e. The molecule has 10 heteroatoms. The Balaban J connectivity index is 5.42. The van der Waals surface area contributed by atoms with E-state index in [0.717, 1.165) is 77.0 Å². The number of esters is 1. The molecule has 0 spiro atoms. The third-order valence-electron chi connectivity index (χ3n) is 11.8. The minimum atomic E-state index is -4.69. The van der Waals surface area contributed by atoms with Gasteiger partial charge in [0.1, 0.15) is 19.3 Å². The van der Waals surface area contributed by atoms with Gasteiger partial charge in [-0.15, -0.1) is 0 Å². The molecule has 0 saturated heterocycles. The van der Waals surface area contributed by atoms with E-state index in [1.54, 1.807) is 0 Å². The van der Waals surface area contributed by atoms with E-state index in [4.69, 9.17) is 13.8 Å². The average molecular weight is 935 g/mol. The van der Waals surface area contributed by atoms with Crippen molar-refractivity contribution in [3.63, 3.8) is 0 Å². The molecule has 0 heterocycles. The first-order valence-corrected chi connectivity index (χ1v) is 28.4. The maximum absolute atomic E-state index is 13.4. The van der Waals surface area contributed by atoms with Crippen LogP contribution in [0, 0.1) is 0 Å². The van der Waals surface area contributed by atoms with Crippen LogP contribution in [0.25, 0.3) is 0 Å². The lowest BCUT2D eigenvalue weighted by Gasteiger charge is -2.30. The van der Waals surface area contributed by atoms with Gasteiger partial charge in [-0.2, -0.15) is 0 Å². The van der Waals surface area contributed by atoms with E-state index < -0.39 is 26.6 Å². The van der Waals surface area contributed by atoms with E-state index in [2.05, 4.69) is 56.5 Å². The Labute approximate surface area is 401 Å². The number of hydrogen-bond acceptors (Lipinski definition) is 7. The van der Waals surface area contributed by atoms with Crippen LogP contribution < -0.4 is 10.2 Å². The van der Waals surface area contributed by atoms with Gasteiger partial charge in [0.15, 0.2) is 0 Å². The Morgan fingerprint density at radius 1 is 0.554 bits per heavy atom. The minimum absolute atomic E-state index is 0.0261. The highest BCUT2D eigenvalue weighted by Gasteiger charge is 2.27. The first-order chi connectivity index (χ1) is 31.4. The highest BCUT2D eigenvalue weighted by molar-refractivity contribution is 7.45. The normalized spacial score (nSPS) is 14.3. The number of nitrogens with zero attached hydrogens (tertiary/aromatic N) is 1. The first kappa shape index (κ1) is 63.0. The Kier molecular flexibility index (Phi) is 44.3. The van der Waals surface area contributed by atoms with Crippen LogP contribution in [0.4, 0.5) is 0 Å². The van der Waals surface area contributed by atoms with Crippen LogP contribution in [-0.4, -0.2) is 69.4 Å². The lowest BCUT2D eigenvalue weighted by atomic mass is 10.0. The smallest absolute Gasteiger partial charge is 0.306 e.